The van der Waals surface area contributed by atoms with Gasteiger partial charge in [0, 0.05) is 11.9 Å². The van der Waals surface area contributed by atoms with Crippen LogP contribution in [0.15, 0.2) is 12.1 Å². The Morgan fingerprint density at radius 1 is 1.52 bits per heavy atom. The largest absolute Gasteiger partial charge is 0.349 e. The fourth-order valence-electron chi connectivity index (χ4n) is 1.84. The van der Waals surface area contributed by atoms with Gasteiger partial charge in [0.25, 0.3) is 0 Å². The minimum Gasteiger partial charge on any atom is -0.349 e. The summed E-state index contributed by atoms with van der Waals surface area (Å²) < 4.78 is 0.663. The molecule has 2 heterocycles. The van der Waals surface area contributed by atoms with Crippen molar-refractivity contribution >= 4 is 40.4 Å². The molecule has 3 N–H and O–H groups in total. The van der Waals surface area contributed by atoms with E-state index in [-0.39, 0.29) is 23.1 Å². The Kier molecular flexibility index (Phi) is 4.56. The number of anilines is 2. The Morgan fingerprint density at radius 2 is 2.24 bits per heavy atom. The summed E-state index contributed by atoms with van der Waals surface area (Å²) in [5, 5.41) is 11.2. The van der Waals surface area contributed by atoms with E-state index in [1.807, 2.05) is 6.07 Å². The average molecular weight is 329 g/mol. The SMILES string of the molecule is Cc1nc(NN)nc(N(C)Cc2ccc(Cl)s2)c1[N+](=O)[O-]. The summed E-state index contributed by atoms with van der Waals surface area (Å²) in [4.78, 5) is 21.4. The van der Waals surface area contributed by atoms with Crippen LogP contribution >= 0.6 is 22.9 Å². The molecule has 112 valence electrons. The van der Waals surface area contributed by atoms with Gasteiger partial charge >= 0.3 is 5.69 Å². The fourth-order valence-corrected chi connectivity index (χ4v) is 2.98. The van der Waals surface area contributed by atoms with Gasteiger partial charge in [-0.25, -0.2) is 10.8 Å². The first-order chi connectivity index (χ1) is 9.92. The Hall–Kier alpha value is -1.97. The lowest BCUT2D eigenvalue weighted by Crippen LogP contribution is -2.21. The fraction of sp³-hybridized carbons (Fsp3) is 0.273. The van der Waals surface area contributed by atoms with Crippen molar-refractivity contribution in [1.29, 1.82) is 0 Å². The number of nitrogens with one attached hydrogen (secondary N) is 1. The minimum absolute atomic E-state index is 0.129. The van der Waals surface area contributed by atoms with E-state index in [1.165, 1.54) is 11.3 Å². The average Bonchev–Trinajstić information content (AvgIpc) is 2.82. The van der Waals surface area contributed by atoms with Crippen LogP contribution in [-0.4, -0.2) is 21.9 Å². The predicted octanol–water partition coefficient (Wildman–Crippen LogP) is 2.33. The highest BCUT2D eigenvalue weighted by Crippen LogP contribution is 2.31. The van der Waals surface area contributed by atoms with E-state index in [2.05, 4.69) is 15.4 Å². The molecular formula is C11H13ClN6O2S. The van der Waals surface area contributed by atoms with Crippen LogP contribution in [0.2, 0.25) is 4.34 Å². The predicted molar refractivity (Wildman–Crippen MR) is 82.7 cm³/mol. The van der Waals surface area contributed by atoms with Gasteiger partial charge in [-0.1, -0.05) is 11.6 Å². The van der Waals surface area contributed by atoms with E-state index < -0.39 is 4.92 Å². The molecule has 0 unspecified atom stereocenters. The number of nitrogens with two attached hydrogens (primary N) is 1. The number of hydrogen-bond acceptors (Lipinski definition) is 8. The van der Waals surface area contributed by atoms with Gasteiger partial charge in [-0.15, -0.1) is 11.3 Å². The van der Waals surface area contributed by atoms with Gasteiger partial charge in [0.2, 0.25) is 11.8 Å². The molecule has 0 aliphatic heterocycles. The molecule has 8 nitrogen and oxygen atoms in total. The summed E-state index contributed by atoms with van der Waals surface area (Å²) in [7, 11) is 1.71. The molecule has 10 heteroatoms. The molecule has 0 saturated heterocycles. The Morgan fingerprint density at radius 3 is 2.76 bits per heavy atom. The van der Waals surface area contributed by atoms with Crippen LogP contribution in [0.1, 0.15) is 10.6 Å². The number of rotatable bonds is 5. The number of aromatic nitrogens is 2. The number of nitro groups is 1. The van der Waals surface area contributed by atoms with Crippen molar-refractivity contribution in [2.24, 2.45) is 5.84 Å². The smallest absolute Gasteiger partial charge is 0.332 e. The van der Waals surface area contributed by atoms with Crippen molar-refractivity contribution in [3.63, 3.8) is 0 Å². The minimum atomic E-state index is -0.497. The van der Waals surface area contributed by atoms with Crippen LogP contribution in [-0.2, 0) is 6.54 Å². The lowest BCUT2D eigenvalue weighted by atomic mass is 10.3. The molecule has 0 aliphatic carbocycles. The lowest BCUT2D eigenvalue weighted by molar-refractivity contribution is -0.385. The van der Waals surface area contributed by atoms with Crippen LogP contribution < -0.4 is 16.2 Å². The van der Waals surface area contributed by atoms with Crippen molar-refractivity contribution in [3.05, 3.63) is 37.2 Å². The summed E-state index contributed by atoms with van der Waals surface area (Å²) in [6, 6.07) is 3.65. The van der Waals surface area contributed by atoms with Crippen LogP contribution in [0, 0.1) is 17.0 Å². The van der Waals surface area contributed by atoms with Crippen molar-refractivity contribution in [2.75, 3.05) is 17.4 Å². The van der Waals surface area contributed by atoms with Crippen LogP contribution in [0.25, 0.3) is 0 Å². The molecule has 0 amide bonds. The Balaban J connectivity index is 2.40. The second kappa shape index (κ2) is 6.20. The summed E-state index contributed by atoms with van der Waals surface area (Å²) in [6.45, 7) is 1.98. The summed E-state index contributed by atoms with van der Waals surface area (Å²) in [5.41, 5.74) is 2.41. The molecule has 0 spiro atoms. The van der Waals surface area contributed by atoms with Gasteiger partial charge in [-0.05, 0) is 19.1 Å². The van der Waals surface area contributed by atoms with E-state index in [0.717, 1.165) is 4.88 Å². The molecule has 21 heavy (non-hydrogen) atoms. The summed E-state index contributed by atoms with van der Waals surface area (Å²) >= 11 is 7.29. The van der Waals surface area contributed by atoms with E-state index in [9.17, 15) is 10.1 Å². The van der Waals surface area contributed by atoms with Crippen LogP contribution in [0.3, 0.4) is 0 Å². The maximum Gasteiger partial charge on any atom is 0.332 e. The number of aryl methyl sites for hydroxylation is 1. The van der Waals surface area contributed by atoms with Gasteiger partial charge in [-0.3, -0.25) is 15.5 Å². The number of nitrogen functional groups attached to an aromatic ring is 1. The van der Waals surface area contributed by atoms with Gasteiger partial charge < -0.3 is 4.90 Å². The molecule has 0 fully saturated rings. The molecule has 0 radical (unpaired) electrons. The first kappa shape index (κ1) is 15.4. The molecule has 2 aromatic heterocycles. The number of hydrazine groups is 1. The molecule has 2 aromatic rings. The van der Waals surface area contributed by atoms with Gasteiger partial charge in [0.05, 0.1) is 15.8 Å². The van der Waals surface area contributed by atoms with E-state index in [1.54, 1.807) is 24.9 Å². The topological polar surface area (TPSA) is 110 Å². The number of nitrogens with zero attached hydrogens (tertiary/aromatic N) is 4. The first-order valence-corrected chi connectivity index (χ1v) is 7.06. The molecular weight excluding hydrogens is 316 g/mol. The molecule has 0 saturated carbocycles. The highest BCUT2D eigenvalue weighted by Gasteiger charge is 2.25. The van der Waals surface area contributed by atoms with Crippen LogP contribution in [0.4, 0.5) is 17.5 Å². The maximum atomic E-state index is 11.2. The third-order valence-electron chi connectivity index (χ3n) is 2.74. The van der Waals surface area contributed by atoms with Crippen molar-refractivity contribution in [3.8, 4) is 0 Å². The van der Waals surface area contributed by atoms with E-state index >= 15 is 0 Å². The zero-order chi connectivity index (χ0) is 15.6. The van der Waals surface area contributed by atoms with E-state index in [0.29, 0.717) is 10.9 Å². The highest BCUT2D eigenvalue weighted by atomic mass is 35.5. The third-order valence-corrected chi connectivity index (χ3v) is 3.95. The molecule has 0 atom stereocenters. The summed E-state index contributed by atoms with van der Waals surface area (Å²) in [5.74, 6) is 5.62. The summed E-state index contributed by atoms with van der Waals surface area (Å²) in [6.07, 6.45) is 0. The molecule has 0 bridgehead atoms. The lowest BCUT2D eigenvalue weighted by Gasteiger charge is -2.18. The van der Waals surface area contributed by atoms with Crippen molar-refractivity contribution < 1.29 is 4.92 Å². The second-order valence-corrected chi connectivity index (χ2v) is 6.07. The second-order valence-electron chi connectivity index (χ2n) is 4.27. The van der Waals surface area contributed by atoms with E-state index in [4.69, 9.17) is 17.4 Å². The quantitative estimate of drug-likeness (QED) is 0.492. The normalized spacial score (nSPS) is 10.5. The molecule has 0 aliphatic rings. The van der Waals surface area contributed by atoms with Gasteiger partial charge in [-0.2, -0.15) is 4.98 Å². The number of thiophene rings is 1. The Labute approximate surface area is 129 Å². The standard InChI is InChI=1S/C11H13ClN6O2S/c1-6-9(18(19)20)10(15-11(14-6)16-13)17(2)5-7-3-4-8(12)21-7/h3-4H,5,13H2,1-2H3,(H,14,15,16). The van der Waals surface area contributed by atoms with Crippen LogP contribution in [0.5, 0.6) is 0 Å². The van der Waals surface area contributed by atoms with Gasteiger partial charge in [0.15, 0.2) is 0 Å². The third kappa shape index (κ3) is 3.38. The van der Waals surface area contributed by atoms with Gasteiger partial charge in [0.1, 0.15) is 5.69 Å². The molecule has 0 aromatic carbocycles. The zero-order valence-electron chi connectivity index (χ0n) is 11.3. The molecule has 2 rings (SSSR count). The van der Waals surface area contributed by atoms with Crippen molar-refractivity contribution in [2.45, 2.75) is 13.5 Å². The highest BCUT2D eigenvalue weighted by molar-refractivity contribution is 7.16. The monoisotopic (exact) mass is 328 g/mol. The Bertz CT molecular complexity index is 677. The van der Waals surface area contributed by atoms with Crippen molar-refractivity contribution in [1.82, 2.24) is 9.97 Å². The maximum absolute atomic E-state index is 11.2. The zero-order valence-corrected chi connectivity index (χ0v) is 12.9. The number of halogens is 1. The number of hydrogen-bond donors (Lipinski definition) is 2. The first-order valence-electron chi connectivity index (χ1n) is 5.87.